The van der Waals surface area contributed by atoms with E-state index < -0.39 is 5.91 Å². The third-order valence-corrected chi connectivity index (χ3v) is 6.95. The van der Waals surface area contributed by atoms with Crippen molar-refractivity contribution >= 4 is 52.7 Å². The highest BCUT2D eigenvalue weighted by Crippen LogP contribution is 2.21. The molecule has 0 aliphatic heterocycles. The Balaban J connectivity index is 1.38. The van der Waals surface area contributed by atoms with Crippen LogP contribution in [0.3, 0.4) is 0 Å². The summed E-state index contributed by atoms with van der Waals surface area (Å²) in [5.41, 5.74) is 4.10. The molecule has 0 spiro atoms. The molecular formula is C33H29N3O4S. The van der Waals surface area contributed by atoms with Crippen LogP contribution < -0.4 is 16.0 Å². The number of hydrogen-bond acceptors (Lipinski definition) is 5. The van der Waals surface area contributed by atoms with Crippen LogP contribution in [0.15, 0.2) is 114 Å². The molecule has 0 atom stereocenters. The van der Waals surface area contributed by atoms with Crippen molar-refractivity contribution in [3.05, 3.63) is 131 Å². The van der Waals surface area contributed by atoms with Gasteiger partial charge in [0.1, 0.15) is 5.70 Å². The average molecular weight is 564 g/mol. The Morgan fingerprint density at radius 2 is 1.39 bits per heavy atom. The zero-order chi connectivity index (χ0) is 29.2. The molecule has 3 amide bonds. The van der Waals surface area contributed by atoms with Crippen LogP contribution in [0.1, 0.15) is 38.8 Å². The van der Waals surface area contributed by atoms with Crippen molar-refractivity contribution in [2.24, 2.45) is 0 Å². The third kappa shape index (κ3) is 8.78. The van der Waals surface area contributed by atoms with Gasteiger partial charge in [-0.3, -0.25) is 19.2 Å². The molecule has 0 bridgehead atoms. The molecule has 0 fully saturated rings. The first-order valence-electron chi connectivity index (χ1n) is 12.9. The Kier molecular flexibility index (Phi) is 9.85. The Hall–Kier alpha value is -4.95. The molecule has 0 aliphatic rings. The summed E-state index contributed by atoms with van der Waals surface area (Å²) in [7, 11) is 0. The topological polar surface area (TPSA) is 104 Å². The van der Waals surface area contributed by atoms with Crippen molar-refractivity contribution in [3.63, 3.8) is 0 Å². The predicted octanol–water partition coefficient (Wildman–Crippen LogP) is 6.34. The number of anilines is 2. The largest absolute Gasteiger partial charge is 0.325 e. The summed E-state index contributed by atoms with van der Waals surface area (Å²) in [5, 5.41) is 8.39. The van der Waals surface area contributed by atoms with Crippen LogP contribution in [0.5, 0.6) is 0 Å². The summed E-state index contributed by atoms with van der Waals surface area (Å²) < 4.78 is 0. The summed E-state index contributed by atoms with van der Waals surface area (Å²) in [6.45, 7) is 3.45. The highest BCUT2D eigenvalue weighted by Gasteiger charge is 2.15. The number of benzene rings is 4. The van der Waals surface area contributed by atoms with Crippen LogP contribution in [0, 0.1) is 6.92 Å². The fourth-order valence-electron chi connectivity index (χ4n) is 3.84. The van der Waals surface area contributed by atoms with E-state index in [0.717, 1.165) is 16.0 Å². The Morgan fingerprint density at radius 1 is 0.732 bits per heavy atom. The number of carbonyl (C=O) groups excluding carboxylic acids is 4. The lowest BCUT2D eigenvalue weighted by molar-refractivity contribution is -0.114. The quantitative estimate of drug-likeness (QED) is 0.119. The van der Waals surface area contributed by atoms with Gasteiger partial charge in [0.05, 0.1) is 5.75 Å². The maximum Gasteiger partial charge on any atom is 0.272 e. The van der Waals surface area contributed by atoms with E-state index in [1.807, 2.05) is 49.4 Å². The summed E-state index contributed by atoms with van der Waals surface area (Å²) >= 11 is 1.35. The van der Waals surface area contributed by atoms with Crippen molar-refractivity contribution in [1.82, 2.24) is 5.32 Å². The molecule has 0 unspecified atom stereocenters. The monoisotopic (exact) mass is 563 g/mol. The number of thioether (sulfide) groups is 1. The Morgan fingerprint density at radius 3 is 2.05 bits per heavy atom. The number of rotatable bonds is 10. The van der Waals surface area contributed by atoms with Gasteiger partial charge in [-0.2, -0.15) is 0 Å². The predicted molar refractivity (Wildman–Crippen MR) is 164 cm³/mol. The second kappa shape index (κ2) is 13.9. The number of ketones is 1. The first-order chi connectivity index (χ1) is 19.8. The van der Waals surface area contributed by atoms with E-state index in [1.54, 1.807) is 66.7 Å². The van der Waals surface area contributed by atoms with Crippen LogP contribution in [0.2, 0.25) is 0 Å². The van der Waals surface area contributed by atoms with E-state index in [0.29, 0.717) is 22.5 Å². The van der Waals surface area contributed by atoms with Gasteiger partial charge in [-0.15, -0.1) is 11.8 Å². The van der Waals surface area contributed by atoms with E-state index in [9.17, 15) is 19.2 Å². The van der Waals surface area contributed by atoms with E-state index >= 15 is 0 Å². The molecule has 4 aromatic rings. The molecule has 3 N–H and O–H groups in total. The molecule has 0 radical (unpaired) electrons. The summed E-state index contributed by atoms with van der Waals surface area (Å²) in [6.07, 6.45) is 1.64. The highest BCUT2D eigenvalue weighted by atomic mass is 32.2. The average Bonchev–Trinajstić information content (AvgIpc) is 2.97. The number of aryl methyl sites for hydroxylation is 1. The molecular weight excluding hydrogens is 534 g/mol. The van der Waals surface area contributed by atoms with Gasteiger partial charge in [0.2, 0.25) is 5.91 Å². The van der Waals surface area contributed by atoms with Gasteiger partial charge in [0, 0.05) is 27.4 Å². The van der Waals surface area contributed by atoms with Crippen molar-refractivity contribution in [3.8, 4) is 0 Å². The normalized spacial score (nSPS) is 10.9. The number of carbonyl (C=O) groups is 4. The minimum atomic E-state index is -0.466. The summed E-state index contributed by atoms with van der Waals surface area (Å²) in [6, 6.07) is 30.1. The molecule has 8 heteroatoms. The van der Waals surface area contributed by atoms with Gasteiger partial charge in [-0.05, 0) is 86.2 Å². The Labute approximate surface area is 243 Å². The lowest BCUT2D eigenvalue weighted by Crippen LogP contribution is -2.30. The molecule has 7 nitrogen and oxygen atoms in total. The van der Waals surface area contributed by atoms with Gasteiger partial charge < -0.3 is 16.0 Å². The van der Waals surface area contributed by atoms with Gasteiger partial charge in [-0.1, -0.05) is 48.0 Å². The van der Waals surface area contributed by atoms with Crippen LogP contribution in [0.4, 0.5) is 11.4 Å². The maximum atomic E-state index is 13.2. The Bertz CT molecular complexity index is 1580. The maximum absolute atomic E-state index is 13.2. The molecule has 41 heavy (non-hydrogen) atoms. The van der Waals surface area contributed by atoms with E-state index in [4.69, 9.17) is 0 Å². The van der Waals surface area contributed by atoms with Crippen molar-refractivity contribution in [1.29, 1.82) is 0 Å². The lowest BCUT2D eigenvalue weighted by Gasteiger charge is -2.12. The lowest BCUT2D eigenvalue weighted by atomic mass is 10.1. The molecule has 4 rings (SSSR count). The molecule has 0 aromatic heterocycles. The van der Waals surface area contributed by atoms with Gasteiger partial charge in [-0.25, -0.2) is 0 Å². The SMILES string of the molecule is CC(=O)c1ccc(NC(=O)CSc2ccc(NC(=O)/C(=C/c3cccc(C)c3)NC(=O)c3ccccc3)cc2)cc1. The minimum Gasteiger partial charge on any atom is -0.325 e. The van der Waals surface area contributed by atoms with Crippen LogP contribution in [-0.2, 0) is 9.59 Å². The van der Waals surface area contributed by atoms with E-state index in [-0.39, 0.29) is 29.0 Å². The second-order valence-corrected chi connectivity index (χ2v) is 10.3. The molecule has 4 aromatic carbocycles. The molecule has 0 heterocycles. The number of amides is 3. The van der Waals surface area contributed by atoms with Crippen LogP contribution in [0.25, 0.3) is 6.08 Å². The fourth-order valence-corrected chi connectivity index (χ4v) is 4.53. The number of nitrogens with one attached hydrogen (secondary N) is 3. The first kappa shape index (κ1) is 29.0. The first-order valence-corrected chi connectivity index (χ1v) is 13.9. The van der Waals surface area contributed by atoms with Crippen LogP contribution in [-0.4, -0.2) is 29.3 Å². The summed E-state index contributed by atoms with van der Waals surface area (Å²) in [4.78, 5) is 50.7. The third-order valence-electron chi connectivity index (χ3n) is 5.94. The fraction of sp³-hybridized carbons (Fsp3) is 0.0909. The van der Waals surface area contributed by atoms with Crippen LogP contribution >= 0.6 is 11.8 Å². The summed E-state index contributed by atoms with van der Waals surface area (Å²) in [5.74, 6) is -0.878. The molecule has 206 valence electrons. The zero-order valence-corrected chi connectivity index (χ0v) is 23.5. The van der Waals surface area contributed by atoms with E-state index in [2.05, 4.69) is 16.0 Å². The zero-order valence-electron chi connectivity index (χ0n) is 22.6. The number of Topliss-reactive ketones (excluding diaryl/α,β-unsaturated/α-hetero) is 1. The van der Waals surface area contributed by atoms with Gasteiger partial charge >= 0.3 is 0 Å². The van der Waals surface area contributed by atoms with E-state index in [1.165, 1.54) is 18.7 Å². The molecule has 0 saturated carbocycles. The smallest absolute Gasteiger partial charge is 0.272 e. The van der Waals surface area contributed by atoms with Crippen molar-refractivity contribution < 1.29 is 19.2 Å². The second-order valence-electron chi connectivity index (χ2n) is 9.24. The van der Waals surface area contributed by atoms with Crippen molar-refractivity contribution in [2.45, 2.75) is 18.7 Å². The minimum absolute atomic E-state index is 0.0338. The standard InChI is InChI=1S/C33H29N3O4S/c1-22-7-6-8-24(19-22)20-30(36-32(39)26-9-4-3-5-10-26)33(40)35-28-15-17-29(18-16-28)41-21-31(38)34-27-13-11-25(12-14-27)23(2)37/h3-20H,21H2,1-2H3,(H,34,38)(H,35,40)(H,36,39)/b30-20-. The molecule has 0 saturated heterocycles. The molecule has 0 aliphatic carbocycles. The highest BCUT2D eigenvalue weighted by molar-refractivity contribution is 8.00. The van der Waals surface area contributed by atoms with Gasteiger partial charge in [0.15, 0.2) is 5.78 Å². The van der Waals surface area contributed by atoms with Crippen molar-refractivity contribution in [2.75, 3.05) is 16.4 Å². The number of hydrogen-bond donors (Lipinski definition) is 3. The van der Waals surface area contributed by atoms with Gasteiger partial charge in [0.25, 0.3) is 11.8 Å².